The molecule has 1 aromatic carbocycles. The molecule has 0 radical (unpaired) electrons. The summed E-state index contributed by atoms with van der Waals surface area (Å²) in [7, 11) is 1.58. The van der Waals surface area contributed by atoms with Crippen LogP contribution in [0.3, 0.4) is 0 Å². The highest BCUT2D eigenvalue weighted by molar-refractivity contribution is 7.98. The van der Waals surface area contributed by atoms with E-state index in [0.717, 1.165) is 5.75 Å². The van der Waals surface area contributed by atoms with Gasteiger partial charge >= 0.3 is 0 Å². The van der Waals surface area contributed by atoms with Crippen LogP contribution in [0.4, 0.5) is 5.69 Å². The summed E-state index contributed by atoms with van der Waals surface area (Å²) in [5.74, 6) is 1.91. The summed E-state index contributed by atoms with van der Waals surface area (Å²) < 4.78 is 10.7. The van der Waals surface area contributed by atoms with Crippen LogP contribution in [0.1, 0.15) is 13.3 Å². The SMILES string of the molecule is CCOc1cc(NC(=O)[C@@H](N)CCSC)ccc1OC. The number of hydrogen-bond donors (Lipinski definition) is 2. The van der Waals surface area contributed by atoms with Crippen molar-refractivity contribution in [3.05, 3.63) is 18.2 Å². The molecule has 1 aromatic rings. The van der Waals surface area contributed by atoms with E-state index >= 15 is 0 Å². The molecule has 0 saturated carbocycles. The van der Waals surface area contributed by atoms with Gasteiger partial charge in [-0.05, 0) is 37.5 Å². The van der Waals surface area contributed by atoms with Gasteiger partial charge in [0.15, 0.2) is 11.5 Å². The van der Waals surface area contributed by atoms with Crippen molar-refractivity contribution in [1.82, 2.24) is 0 Å². The summed E-state index contributed by atoms with van der Waals surface area (Å²) in [5.41, 5.74) is 6.47. The second-order valence-corrected chi connectivity index (χ2v) is 5.16. The van der Waals surface area contributed by atoms with Crippen molar-refractivity contribution in [2.75, 3.05) is 31.0 Å². The smallest absolute Gasteiger partial charge is 0.241 e. The molecule has 0 aliphatic heterocycles. The molecule has 0 spiro atoms. The lowest BCUT2D eigenvalue weighted by atomic mass is 10.2. The lowest BCUT2D eigenvalue weighted by Crippen LogP contribution is -2.36. The normalized spacial score (nSPS) is 11.8. The number of nitrogens with two attached hydrogens (primary N) is 1. The van der Waals surface area contributed by atoms with Gasteiger partial charge in [-0.15, -0.1) is 0 Å². The predicted molar refractivity (Wildman–Crippen MR) is 83.8 cm³/mol. The van der Waals surface area contributed by atoms with Crippen LogP contribution in [0.2, 0.25) is 0 Å². The highest BCUT2D eigenvalue weighted by Gasteiger charge is 2.14. The van der Waals surface area contributed by atoms with Gasteiger partial charge in [-0.2, -0.15) is 11.8 Å². The summed E-state index contributed by atoms with van der Waals surface area (Å²) in [6.45, 7) is 2.42. The van der Waals surface area contributed by atoms with Crippen molar-refractivity contribution in [2.45, 2.75) is 19.4 Å². The molecule has 0 bridgehead atoms. The lowest BCUT2D eigenvalue weighted by molar-refractivity contribution is -0.117. The molecule has 0 aliphatic rings. The molecule has 0 aromatic heterocycles. The molecule has 112 valence electrons. The summed E-state index contributed by atoms with van der Waals surface area (Å²) in [6.07, 6.45) is 2.64. The zero-order chi connectivity index (χ0) is 15.0. The Kier molecular flexibility index (Phi) is 7.25. The molecule has 1 rings (SSSR count). The van der Waals surface area contributed by atoms with Crippen molar-refractivity contribution >= 4 is 23.4 Å². The molecule has 0 unspecified atom stereocenters. The molecule has 0 aliphatic carbocycles. The number of carbonyl (C=O) groups is 1. The number of carbonyl (C=O) groups excluding carboxylic acids is 1. The molecule has 1 atom stereocenters. The first-order chi connectivity index (χ1) is 9.62. The molecular formula is C14H22N2O3S. The molecule has 20 heavy (non-hydrogen) atoms. The van der Waals surface area contributed by atoms with Crippen LogP contribution < -0.4 is 20.5 Å². The van der Waals surface area contributed by atoms with Crippen LogP contribution in [0.15, 0.2) is 18.2 Å². The van der Waals surface area contributed by atoms with E-state index in [1.807, 2.05) is 13.2 Å². The number of rotatable bonds is 8. The Balaban J connectivity index is 2.72. The molecule has 0 saturated heterocycles. The standard InChI is InChI=1S/C14H22N2O3S/c1-4-19-13-9-10(5-6-12(13)18-2)16-14(17)11(15)7-8-20-3/h5-6,9,11H,4,7-8,15H2,1-3H3,(H,16,17)/t11-/m0/s1. The van der Waals surface area contributed by atoms with Crippen LogP contribution >= 0.6 is 11.8 Å². The topological polar surface area (TPSA) is 73.6 Å². The van der Waals surface area contributed by atoms with Crippen molar-refractivity contribution < 1.29 is 14.3 Å². The molecular weight excluding hydrogens is 276 g/mol. The largest absolute Gasteiger partial charge is 0.493 e. The number of methoxy groups -OCH3 is 1. The van der Waals surface area contributed by atoms with Gasteiger partial charge in [0, 0.05) is 11.8 Å². The summed E-state index contributed by atoms with van der Waals surface area (Å²) in [4.78, 5) is 11.9. The number of anilines is 1. The average Bonchev–Trinajstić information content (AvgIpc) is 2.45. The van der Waals surface area contributed by atoms with Crippen molar-refractivity contribution in [1.29, 1.82) is 0 Å². The third-order valence-electron chi connectivity index (χ3n) is 2.70. The zero-order valence-corrected chi connectivity index (χ0v) is 13.0. The Bertz CT molecular complexity index is 440. The van der Waals surface area contributed by atoms with Crippen LogP contribution in [0.25, 0.3) is 0 Å². The lowest BCUT2D eigenvalue weighted by Gasteiger charge is -2.14. The minimum absolute atomic E-state index is 0.188. The first kappa shape index (κ1) is 16.7. The van der Waals surface area contributed by atoms with Gasteiger partial charge in [-0.3, -0.25) is 4.79 Å². The maximum Gasteiger partial charge on any atom is 0.241 e. The van der Waals surface area contributed by atoms with E-state index in [-0.39, 0.29) is 5.91 Å². The van der Waals surface area contributed by atoms with Gasteiger partial charge < -0.3 is 20.5 Å². The van der Waals surface area contributed by atoms with E-state index in [4.69, 9.17) is 15.2 Å². The third kappa shape index (κ3) is 4.94. The van der Waals surface area contributed by atoms with Gasteiger partial charge in [-0.1, -0.05) is 0 Å². The second kappa shape index (κ2) is 8.71. The van der Waals surface area contributed by atoms with Crippen LogP contribution in [0.5, 0.6) is 11.5 Å². The molecule has 1 amide bonds. The monoisotopic (exact) mass is 298 g/mol. The van der Waals surface area contributed by atoms with E-state index in [9.17, 15) is 4.79 Å². The quantitative estimate of drug-likeness (QED) is 0.769. The Labute approximate surface area is 124 Å². The van der Waals surface area contributed by atoms with Gasteiger partial charge in [0.05, 0.1) is 19.8 Å². The number of nitrogens with one attached hydrogen (secondary N) is 1. The van der Waals surface area contributed by atoms with Crippen molar-refractivity contribution in [2.24, 2.45) is 5.73 Å². The number of hydrogen-bond acceptors (Lipinski definition) is 5. The summed E-state index contributed by atoms with van der Waals surface area (Å²) >= 11 is 1.67. The van der Waals surface area contributed by atoms with Crippen LogP contribution in [0, 0.1) is 0 Å². The summed E-state index contributed by atoms with van der Waals surface area (Å²) in [6, 6.07) is 4.76. The third-order valence-corrected chi connectivity index (χ3v) is 3.34. The minimum Gasteiger partial charge on any atom is -0.493 e. The molecule has 0 heterocycles. The van der Waals surface area contributed by atoms with E-state index in [1.54, 1.807) is 37.1 Å². The minimum atomic E-state index is -0.500. The molecule has 3 N–H and O–H groups in total. The van der Waals surface area contributed by atoms with Crippen molar-refractivity contribution in [3.63, 3.8) is 0 Å². The van der Waals surface area contributed by atoms with E-state index in [2.05, 4.69) is 5.32 Å². The maximum atomic E-state index is 11.9. The Morgan fingerprint density at radius 2 is 2.20 bits per heavy atom. The molecule has 5 nitrogen and oxygen atoms in total. The second-order valence-electron chi connectivity index (χ2n) is 4.18. The fraction of sp³-hybridized carbons (Fsp3) is 0.500. The van der Waals surface area contributed by atoms with Gasteiger partial charge in [0.1, 0.15) is 0 Å². The highest BCUT2D eigenvalue weighted by atomic mass is 32.2. The van der Waals surface area contributed by atoms with Gasteiger partial charge in [-0.25, -0.2) is 0 Å². The van der Waals surface area contributed by atoms with Crippen LogP contribution in [-0.2, 0) is 4.79 Å². The number of benzene rings is 1. The fourth-order valence-electron chi connectivity index (χ4n) is 1.63. The Morgan fingerprint density at radius 1 is 1.45 bits per heavy atom. The van der Waals surface area contributed by atoms with Crippen molar-refractivity contribution in [3.8, 4) is 11.5 Å². The zero-order valence-electron chi connectivity index (χ0n) is 12.1. The van der Waals surface area contributed by atoms with E-state index in [0.29, 0.717) is 30.2 Å². The number of ether oxygens (including phenoxy) is 2. The molecule has 6 heteroatoms. The molecule has 0 fully saturated rings. The fourth-order valence-corrected chi connectivity index (χ4v) is 2.12. The summed E-state index contributed by atoms with van der Waals surface area (Å²) in [5, 5.41) is 2.79. The predicted octanol–water partition coefficient (Wildman–Crippen LogP) is 2.11. The number of amides is 1. The first-order valence-electron chi connectivity index (χ1n) is 6.48. The average molecular weight is 298 g/mol. The van der Waals surface area contributed by atoms with Gasteiger partial charge in [0.25, 0.3) is 0 Å². The van der Waals surface area contributed by atoms with E-state index in [1.165, 1.54) is 0 Å². The highest BCUT2D eigenvalue weighted by Crippen LogP contribution is 2.30. The Morgan fingerprint density at radius 3 is 2.80 bits per heavy atom. The van der Waals surface area contributed by atoms with E-state index < -0.39 is 6.04 Å². The Hall–Kier alpha value is -1.40. The van der Waals surface area contributed by atoms with Gasteiger partial charge in [0.2, 0.25) is 5.91 Å². The maximum absolute atomic E-state index is 11.9. The first-order valence-corrected chi connectivity index (χ1v) is 7.88. The number of thioether (sulfide) groups is 1. The van der Waals surface area contributed by atoms with Crippen LogP contribution in [-0.4, -0.2) is 37.7 Å².